The molecule has 2 aromatic carbocycles. The maximum absolute atomic E-state index is 12.5. The van der Waals surface area contributed by atoms with Gasteiger partial charge in [0.15, 0.2) is 6.61 Å². The summed E-state index contributed by atoms with van der Waals surface area (Å²) in [5, 5.41) is 0. The molecule has 3 rings (SSSR count). The first-order chi connectivity index (χ1) is 13.2. The van der Waals surface area contributed by atoms with Gasteiger partial charge in [-0.1, -0.05) is 36.4 Å². The molecule has 5 nitrogen and oxygen atoms in total. The van der Waals surface area contributed by atoms with Crippen molar-refractivity contribution in [1.82, 2.24) is 4.90 Å². The fraction of sp³-hybridized carbons (Fsp3) is 0.273. The number of hydrogen-bond acceptors (Lipinski definition) is 3. The van der Waals surface area contributed by atoms with Crippen LogP contribution in [0.2, 0.25) is 0 Å². The number of benzene rings is 2. The van der Waals surface area contributed by atoms with E-state index in [4.69, 9.17) is 4.74 Å². The molecule has 0 saturated carbocycles. The zero-order chi connectivity index (χ0) is 19.1. The molecule has 2 amide bonds. The molecule has 0 spiro atoms. The quantitative estimate of drug-likeness (QED) is 0.675. The number of amides is 2. The van der Waals surface area contributed by atoms with Gasteiger partial charge in [-0.15, -0.1) is 6.58 Å². The van der Waals surface area contributed by atoms with E-state index in [0.717, 1.165) is 24.2 Å². The van der Waals surface area contributed by atoms with Crippen LogP contribution < -0.4 is 9.64 Å². The molecule has 0 N–H and O–H groups in total. The Balaban J connectivity index is 1.56. The van der Waals surface area contributed by atoms with Crippen LogP contribution >= 0.6 is 0 Å². The molecule has 0 aliphatic carbocycles. The van der Waals surface area contributed by atoms with E-state index in [9.17, 15) is 9.59 Å². The first-order valence-corrected chi connectivity index (χ1v) is 9.13. The minimum atomic E-state index is -0.0995. The van der Waals surface area contributed by atoms with Gasteiger partial charge < -0.3 is 14.5 Å². The summed E-state index contributed by atoms with van der Waals surface area (Å²) in [5.74, 6) is 0.661. The molecule has 1 heterocycles. The molecule has 1 aliphatic rings. The molecule has 0 atom stereocenters. The minimum absolute atomic E-state index is 0.0390. The summed E-state index contributed by atoms with van der Waals surface area (Å²) in [5.41, 5.74) is 1.93. The zero-order valence-corrected chi connectivity index (χ0v) is 15.3. The van der Waals surface area contributed by atoms with E-state index in [1.807, 2.05) is 42.5 Å². The van der Waals surface area contributed by atoms with Crippen molar-refractivity contribution in [3.8, 4) is 5.75 Å². The summed E-state index contributed by atoms with van der Waals surface area (Å²) in [6.07, 6.45) is 3.21. The van der Waals surface area contributed by atoms with Gasteiger partial charge in [0, 0.05) is 31.7 Å². The fourth-order valence-electron chi connectivity index (χ4n) is 3.09. The molecule has 140 valence electrons. The highest BCUT2D eigenvalue weighted by atomic mass is 16.5. The lowest BCUT2D eigenvalue weighted by molar-refractivity contribution is -0.133. The third-order valence-corrected chi connectivity index (χ3v) is 4.50. The Bertz CT molecular complexity index is 787. The van der Waals surface area contributed by atoms with Crippen molar-refractivity contribution in [1.29, 1.82) is 0 Å². The predicted octanol–water partition coefficient (Wildman–Crippen LogP) is 3.41. The number of carbonyl (C=O) groups excluding carboxylic acids is 2. The van der Waals surface area contributed by atoms with Crippen LogP contribution in [0.25, 0.3) is 0 Å². The largest absolute Gasteiger partial charge is 0.484 e. The van der Waals surface area contributed by atoms with E-state index in [-0.39, 0.29) is 18.4 Å². The zero-order valence-electron chi connectivity index (χ0n) is 15.3. The number of nitrogens with zero attached hydrogens (tertiary/aromatic N) is 2. The van der Waals surface area contributed by atoms with Gasteiger partial charge in [-0.25, -0.2) is 0 Å². The van der Waals surface area contributed by atoms with Gasteiger partial charge in [0.2, 0.25) is 5.91 Å². The number of ether oxygens (including phenoxy) is 1. The number of anilines is 1. The standard InChI is InChI=1S/C22H24N2O3/c1-2-14-23(16-18-7-4-3-5-8-18)22(26)17-27-20-12-10-19(11-13-20)24-15-6-9-21(24)25/h2-5,7-8,10-13H,1,6,9,14-17H2. The monoisotopic (exact) mass is 364 g/mol. The van der Waals surface area contributed by atoms with Crippen LogP contribution in [-0.4, -0.2) is 36.4 Å². The van der Waals surface area contributed by atoms with Crippen molar-refractivity contribution in [2.45, 2.75) is 19.4 Å². The first-order valence-electron chi connectivity index (χ1n) is 9.13. The highest BCUT2D eigenvalue weighted by molar-refractivity contribution is 5.95. The van der Waals surface area contributed by atoms with Gasteiger partial charge in [0.05, 0.1) is 0 Å². The lowest BCUT2D eigenvalue weighted by atomic mass is 10.2. The summed E-state index contributed by atoms with van der Waals surface area (Å²) >= 11 is 0. The average Bonchev–Trinajstić information content (AvgIpc) is 3.13. The average molecular weight is 364 g/mol. The third kappa shape index (κ3) is 4.97. The van der Waals surface area contributed by atoms with Crippen LogP contribution in [0.5, 0.6) is 5.75 Å². The van der Waals surface area contributed by atoms with Gasteiger partial charge in [-0.2, -0.15) is 0 Å². The molecule has 0 unspecified atom stereocenters. The van der Waals surface area contributed by atoms with E-state index in [1.54, 1.807) is 28.0 Å². The molecule has 1 aliphatic heterocycles. The lowest BCUT2D eigenvalue weighted by Crippen LogP contribution is -2.34. The van der Waals surface area contributed by atoms with Crippen LogP contribution in [0.4, 0.5) is 5.69 Å². The molecular formula is C22H24N2O3. The predicted molar refractivity (Wildman–Crippen MR) is 106 cm³/mol. The van der Waals surface area contributed by atoms with Gasteiger partial charge in [0.25, 0.3) is 5.91 Å². The Morgan fingerprint density at radius 1 is 1.15 bits per heavy atom. The van der Waals surface area contributed by atoms with Crippen LogP contribution in [0, 0.1) is 0 Å². The molecule has 1 fully saturated rings. The van der Waals surface area contributed by atoms with E-state index in [2.05, 4.69) is 6.58 Å². The van der Waals surface area contributed by atoms with Gasteiger partial charge in [-0.3, -0.25) is 9.59 Å². The second kappa shape index (κ2) is 9.03. The van der Waals surface area contributed by atoms with Crippen LogP contribution in [0.15, 0.2) is 67.3 Å². The second-order valence-corrected chi connectivity index (χ2v) is 6.48. The molecule has 2 aromatic rings. The third-order valence-electron chi connectivity index (χ3n) is 4.50. The second-order valence-electron chi connectivity index (χ2n) is 6.48. The molecule has 1 saturated heterocycles. The van der Waals surface area contributed by atoms with Crippen LogP contribution in [-0.2, 0) is 16.1 Å². The number of carbonyl (C=O) groups is 2. The van der Waals surface area contributed by atoms with Crippen molar-refractivity contribution in [3.05, 3.63) is 72.8 Å². The smallest absolute Gasteiger partial charge is 0.261 e. The molecule has 0 bridgehead atoms. The maximum atomic E-state index is 12.5. The Morgan fingerprint density at radius 3 is 2.52 bits per heavy atom. The van der Waals surface area contributed by atoms with Crippen molar-refractivity contribution < 1.29 is 14.3 Å². The molecule has 0 radical (unpaired) electrons. The highest BCUT2D eigenvalue weighted by Gasteiger charge is 2.21. The van der Waals surface area contributed by atoms with E-state index in [1.165, 1.54) is 0 Å². The molecule has 0 aromatic heterocycles. The van der Waals surface area contributed by atoms with Crippen molar-refractivity contribution in [3.63, 3.8) is 0 Å². The van der Waals surface area contributed by atoms with Gasteiger partial charge >= 0.3 is 0 Å². The Morgan fingerprint density at radius 2 is 1.89 bits per heavy atom. The van der Waals surface area contributed by atoms with E-state index in [0.29, 0.717) is 25.3 Å². The summed E-state index contributed by atoms with van der Waals surface area (Å²) in [7, 11) is 0. The highest BCUT2D eigenvalue weighted by Crippen LogP contribution is 2.23. The van der Waals surface area contributed by atoms with Crippen LogP contribution in [0.1, 0.15) is 18.4 Å². The SMILES string of the molecule is C=CCN(Cc1ccccc1)C(=O)COc1ccc(N2CCCC2=O)cc1. The Hall–Kier alpha value is -3.08. The summed E-state index contributed by atoms with van der Waals surface area (Å²) in [4.78, 5) is 27.8. The van der Waals surface area contributed by atoms with Crippen molar-refractivity contribution >= 4 is 17.5 Å². The number of rotatable bonds is 8. The van der Waals surface area contributed by atoms with Crippen molar-refractivity contribution in [2.24, 2.45) is 0 Å². The summed E-state index contributed by atoms with van der Waals surface area (Å²) in [6.45, 7) is 5.43. The first kappa shape index (κ1) is 18.7. The minimum Gasteiger partial charge on any atom is -0.484 e. The van der Waals surface area contributed by atoms with Gasteiger partial charge in [0.1, 0.15) is 5.75 Å². The molecule has 27 heavy (non-hydrogen) atoms. The molecular weight excluding hydrogens is 340 g/mol. The fourth-order valence-corrected chi connectivity index (χ4v) is 3.09. The normalized spacial score (nSPS) is 13.5. The van der Waals surface area contributed by atoms with E-state index >= 15 is 0 Å². The van der Waals surface area contributed by atoms with Crippen molar-refractivity contribution in [2.75, 3.05) is 24.6 Å². The van der Waals surface area contributed by atoms with E-state index < -0.39 is 0 Å². The Kier molecular flexibility index (Phi) is 6.26. The summed E-state index contributed by atoms with van der Waals surface area (Å²) < 4.78 is 5.65. The molecule has 5 heteroatoms. The lowest BCUT2D eigenvalue weighted by Gasteiger charge is -2.21. The summed E-state index contributed by atoms with van der Waals surface area (Å²) in [6, 6.07) is 17.1. The number of hydrogen-bond donors (Lipinski definition) is 0. The van der Waals surface area contributed by atoms with Gasteiger partial charge in [-0.05, 0) is 36.2 Å². The maximum Gasteiger partial charge on any atom is 0.261 e. The Labute approximate surface area is 159 Å². The topological polar surface area (TPSA) is 49.9 Å². The van der Waals surface area contributed by atoms with Crippen LogP contribution in [0.3, 0.4) is 0 Å².